The molecule has 3 heteroatoms. The van der Waals surface area contributed by atoms with E-state index < -0.39 is 0 Å². The largest absolute Gasteiger partial charge is 0.379 e. The van der Waals surface area contributed by atoms with E-state index in [9.17, 15) is 0 Å². The highest BCUT2D eigenvalue weighted by Gasteiger charge is 2.02. The van der Waals surface area contributed by atoms with Crippen LogP contribution in [0.5, 0.6) is 0 Å². The third kappa shape index (κ3) is 9.03. The SMILES string of the molecule is CCCCCCOC(C)CCCCCc1ncccn1. The molecule has 0 fully saturated rings. The second-order valence-electron chi connectivity index (χ2n) is 5.51. The van der Waals surface area contributed by atoms with Crippen LogP contribution in [0.2, 0.25) is 0 Å². The molecule has 20 heavy (non-hydrogen) atoms. The van der Waals surface area contributed by atoms with Crippen LogP contribution in [0.3, 0.4) is 0 Å². The van der Waals surface area contributed by atoms with Gasteiger partial charge >= 0.3 is 0 Å². The van der Waals surface area contributed by atoms with Crippen molar-refractivity contribution in [2.45, 2.75) is 77.7 Å². The first-order valence-corrected chi connectivity index (χ1v) is 8.20. The van der Waals surface area contributed by atoms with E-state index in [0.717, 1.165) is 18.9 Å². The molecule has 0 saturated carbocycles. The molecule has 1 aromatic heterocycles. The van der Waals surface area contributed by atoms with Crippen molar-refractivity contribution in [3.8, 4) is 0 Å². The number of aryl methyl sites for hydroxylation is 1. The summed E-state index contributed by atoms with van der Waals surface area (Å²) in [5.74, 6) is 0.965. The molecule has 1 aromatic rings. The number of hydrogen-bond donors (Lipinski definition) is 0. The van der Waals surface area contributed by atoms with Gasteiger partial charge in [0.05, 0.1) is 6.10 Å². The molecule has 0 aliphatic carbocycles. The molecule has 0 saturated heterocycles. The lowest BCUT2D eigenvalue weighted by atomic mass is 10.1. The van der Waals surface area contributed by atoms with E-state index in [-0.39, 0.29) is 0 Å². The molecule has 0 N–H and O–H groups in total. The van der Waals surface area contributed by atoms with Gasteiger partial charge in [-0.05, 0) is 32.3 Å². The third-order valence-electron chi connectivity index (χ3n) is 3.53. The number of unbranched alkanes of at least 4 members (excludes halogenated alkanes) is 5. The highest BCUT2D eigenvalue weighted by Crippen LogP contribution is 2.09. The van der Waals surface area contributed by atoms with Gasteiger partial charge < -0.3 is 4.74 Å². The molecular formula is C17H30N2O. The highest BCUT2D eigenvalue weighted by atomic mass is 16.5. The van der Waals surface area contributed by atoms with Gasteiger partial charge in [-0.25, -0.2) is 9.97 Å². The highest BCUT2D eigenvalue weighted by molar-refractivity contribution is 4.88. The van der Waals surface area contributed by atoms with Crippen LogP contribution < -0.4 is 0 Å². The van der Waals surface area contributed by atoms with Crippen molar-refractivity contribution < 1.29 is 4.74 Å². The quantitative estimate of drug-likeness (QED) is 0.525. The molecule has 0 spiro atoms. The number of ether oxygens (including phenoxy) is 1. The summed E-state index contributed by atoms with van der Waals surface area (Å²) >= 11 is 0. The summed E-state index contributed by atoms with van der Waals surface area (Å²) in [5.41, 5.74) is 0. The summed E-state index contributed by atoms with van der Waals surface area (Å²) < 4.78 is 5.83. The fourth-order valence-corrected chi connectivity index (χ4v) is 2.25. The molecule has 0 aliphatic heterocycles. The molecule has 0 radical (unpaired) electrons. The lowest BCUT2D eigenvalue weighted by Gasteiger charge is -2.12. The van der Waals surface area contributed by atoms with Crippen LogP contribution in [0.25, 0.3) is 0 Å². The monoisotopic (exact) mass is 278 g/mol. The van der Waals surface area contributed by atoms with Crippen molar-refractivity contribution >= 4 is 0 Å². The standard InChI is InChI=1S/C17H30N2O/c1-3-4-5-9-15-20-16(2)11-7-6-8-12-17-18-13-10-14-19-17/h10,13-14,16H,3-9,11-12,15H2,1-2H3. The lowest BCUT2D eigenvalue weighted by molar-refractivity contribution is 0.0558. The van der Waals surface area contributed by atoms with E-state index in [1.54, 1.807) is 0 Å². The summed E-state index contributed by atoms with van der Waals surface area (Å²) in [6, 6.07) is 1.86. The third-order valence-corrected chi connectivity index (χ3v) is 3.53. The maximum Gasteiger partial charge on any atom is 0.128 e. The summed E-state index contributed by atoms with van der Waals surface area (Å²) in [7, 11) is 0. The Bertz CT molecular complexity index is 316. The Labute approximate surface area is 124 Å². The van der Waals surface area contributed by atoms with Gasteiger partial charge in [-0.1, -0.05) is 39.0 Å². The lowest BCUT2D eigenvalue weighted by Crippen LogP contribution is -2.09. The summed E-state index contributed by atoms with van der Waals surface area (Å²) in [5, 5.41) is 0. The summed E-state index contributed by atoms with van der Waals surface area (Å²) in [6.07, 6.45) is 15.0. The molecule has 0 bridgehead atoms. The average molecular weight is 278 g/mol. The number of nitrogens with zero attached hydrogens (tertiary/aromatic N) is 2. The van der Waals surface area contributed by atoms with Crippen LogP contribution in [-0.2, 0) is 11.2 Å². The van der Waals surface area contributed by atoms with Gasteiger partial charge in [0.15, 0.2) is 0 Å². The fourth-order valence-electron chi connectivity index (χ4n) is 2.25. The van der Waals surface area contributed by atoms with Gasteiger partial charge in [-0.2, -0.15) is 0 Å². The van der Waals surface area contributed by atoms with E-state index in [1.165, 1.54) is 51.4 Å². The molecule has 1 unspecified atom stereocenters. The number of hydrogen-bond acceptors (Lipinski definition) is 3. The van der Waals surface area contributed by atoms with E-state index >= 15 is 0 Å². The van der Waals surface area contributed by atoms with Crippen molar-refractivity contribution in [1.82, 2.24) is 9.97 Å². The first-order chi connectivity index (χ1) is 9.83. The summed E-state index contributed by atoms with van der Waals surface area (Å²) in [6.45, 7) is 5.36. The molecule has 0 amide bonds. The molecule has 0 aliphatic rings. The first-order valence-electron chi connectivity index (χ1n) is 8.20. The van der Waals surface area contributed by atoms with Crippen molar-refractivity contribution in [1.29, 1.82) is 0 Å². The van der Waals surface area contributed by atoms with Crippen LogP contribution in [0.15, 0.2) is 18.5 Å². The average Bonchev–Trinajstić information content (AvgIpc) is 2.48. The van der Waals surface area contributed by atoms with Gasteiger partial charge in [0.25, 0.3) is 0 Å². The van der Waals surface area contributed by atoms with Crippen LogP contribution in [0.1, 0.15) is 71.0 Å². The smallest absolute Gasteiger partial charge is 0.128 e. The zero-order chi connectivity index (χ0) is 14.5. The van der Waals surface area contributed by atoms with E-state index in [2.05, 4.69) is 23.8 Å². The zero-order valence-corrected chi connectivity index (χ0v) is 13.2. The van der Waals surface area contributed by atoms with Gasteiger partial charge in [0, 0.05) is 25.4 Å². The normalized spacial score (nSPS) is 12.5. The molecule has 0 aromatic carbocycles. The van der Waals surface area contributed by atoms with Gasteiger partial charge in [-0.3, -0.25) is 0 Å². The first kappa shape index (κ1) is 17.1. The second-order valence-corrected chi connectivity index (χ2v) is 5.51. The molecule has 114 valence electrons. The topological polar surface area (TPSA) is 35.0 Å². The van der Waals surface area contributed by atoms with Crippen LogP contribution in [0.4, 0.5) is 0 Å². The Kier molecular flexibility index (Phi) is 10.1. The Balaban J connectivity index is 1.90. The maximum atomic E-state index is 5.83. The Morgan fingerprint density at radius 2 is 1.75 bits per heavy atom. The van der Waals surface area contributed by atoms with Gasteiger partial charge in [0.1, 0.15) is 5.82 Å². The molecule has 1 heterocycles. The minimum atomic E-state index is 0.407. The van der Waals surface area contributed by atoms with Gasteiger partial charge in [0.2, 0.25) is 0 Å². The van der Waals surface area contributed by atoms with E-state index in [1.807, 2.05) is 18.5 Å². The minimum Gasteiger partial charge on any atom is -0.379 e. The molecule has 3 nitrogen and oxygen atoms in total. The second kappa shape index (κ2) is 11.8. The Hall–Kier alpha value is -0.960. The molecule has 1 atom stereocenters. The fraction of sp³-hybridized carbons (Fsp3) is 0.765. The number of aromatic nitrogens is 2. The van der Waals surface area contributed by atoms with Crippen LogP contribution in [0, 0.1) is 0 Å². The summed E-state index contributed by atoms with van der Waals surface area (Å²) in [4.78, 5) is 8.48. The van der Waals surface area contributed by atoms with E-state index in [0.29, 0.717) is 6.10 Å². The molecular weight excluding hydrogens is 248 g/mol. The minimum absolute atomic E-state index is 0.407. The maximum absolute atomic E-state index is 5.83. The predicted molar refractivity (Wildman–Crippen MR) is 83.8 cm³/mol. The molecule has 1 rings (SSSR count). The van der Waals surface area contributed by atoms with Crippen LogP contribution >= 0.6 is 0 Å². The Morgan fingerprint density at radius 1 is 1.00 bits per heavy atom. The van der Waals surface area contributed by atoms with Crippen molar-refractivity contribution in [2.24, 2.45) is 0 Å². The predicted octanol–water partition coefficient (Wildman–Crippen LogP) is 4.56. The van der Waals surface area contributed by atoms with Crippen molar-refractivity contribution in [2.75, 3.05) is 6.61 Å². The van der Waals surface area contributed by atoms with E-state index in [4.69, 9.17) is 4.74 Å². The van der Waals surface area contributed by atoms with Gasteiger partial charge in [-0.15, -0.1) is 0 Å². The zero-order valence-electron chi connectivity index (χ0n) is 13.2. The van der Waals surface area contributed by atoms with Crippen LogP contribution in [-0.4, -0.2) is 22.7 Å². The van der Waals surface area contributed by atoms with Crippen molar-refractivity contribution in [3.05, 3.63) is 24.3 Å². The Morgan fingerprint density at radius 3 is 2.50 bits per heavy atom. The number of rotatable bonds is 12. The van der Waals surface area contributed by atoms with Crippen molar-refractivity contribution in [3.63, 3.8) is 0 Å².